The van der Waals surface area contributed by atoms with Crippen molar-refractivity contribution in [2.45, 2.75) is 38.5 Å². The van der Waals surface area contributed by atoms with E-state index in [-0.39, 0.29) is 12.3 Å². The van der Waals surface area contributed by atoms with Gasteiger partial charge in [0, 0.05) is 20.8 Å². The fraction of sp³-hybridized carbons (Fsp3) is 1.00. The zero-order valence-electron chi connectivity index (χ0n) is 10.6. The predicted molar refractivity (Wildman–Crippen MR) is 63.2 cm³/mol. The van der Waals surface area contributed by atoms with Crippen molar-refractivity contribution in [2.24, 2.45) is 11.8 Å². The van der Waals surface area contributed by atoms with Crippen molar-refractivity contribution in [3.63, 3.8) is 0 Å². The van der Waals surface area contributed by atoms with Gasteiger partial charge in [-0.1, -0.05) is 6.42 Å². The van der Waals surface area contributed by atoms with Gasteiger partial charge in [-0.3, -0.25) is 0 Å². The van der Waals surface area contributed by atoms with E-state index in [2.05, 4.69) is 12.2 Å². The molecule has 1 rings (SSSR count). The summed E-state index contributed by atoms with van der Waals surface area (Å²) in [7, 11) is 3.30. The molecule has 3 unspecified atom stereocenters. The Morgan fingerprint density at radius 3 is 2.44 bits per heavy atom. The van der Waals surface area contributed by atoms with Gasteiger partial charge < -0.3 is 19.9 Å². The summed E-state index contributed by atoms with van der Waals surface area (Å²) >= 11 is 0. The molecule has 0 spiro atoms. The molecular weight excluding hydrogens is 206 g/mol. The van der Waals surface area contributed by atoms with E-state index >= 15 is 0 Å². The molecule has 1 aliphatic carbocycles. The fourth-order valence-corrected chi connectivity index (χ4v) is 2.56. The van der Waals surface area contributed by atoms with Crippen molar-refractivity contribution < 1.29 is 14.6 Å². The van der Waals surface area contributed by atoms with Gasteiger partial charge in [-0.15, -0.1) is 0 Å². The van der Waals surface area contributed by atoms with E-state index in [1.165, 1.54) is 12.8 Å². The Morgan fingerprint density at radius 1 is 1.25 bits per heavy atom. The third-order valence-electron chi connectivity index (χ3n) is 3.63. The number of aliphatic hydroxyl groups is 1. The molecule has 2 N–H and O–H groups in total. The van der Waals surface area contributed by atoms with Crippen LogP contribution in [-0.4, -0.2) is 44.8 Å². The fourth-order valence-electron chi connectivity index (χ4n) is 2.56. The van der Waals surface area contributed by atoms with Gasteiger partial charge in [0.2, 0.25) is 0 Å². The maximum absolute atomic E-state index is 9.23. The number of nitrogens with one attached hydrogen (secondary N) is 1. The van der Waals surface area contributed by atoms with Gasteiger partial charge in [0.15, 0.2) is 6.29 Å². The van der Waals surface area contributed by atoms with E-state index in [1.54, 1.807) is 14.2 Å². The van der Waals surface area contributed by atoms with Crippen molar-refractivity contribution in [3.05, 3.63) is 0 Å². The van der Waals surface area contributed by atoms with Gasteiger partial charge in [-0.2, -0.15) is 0 Å². The average Bonchev–Trinajstić information content (AvgIpc) is 2.75. The molecule has 16 heavy (non-hydrogen) atoms. The summed E-state index contributed by atoms with van der Waals surface area (Å²) in [5, 5.41) is 12.7. The quantitative estimate of drug-likeness (QED) is 0.642. The molecule has 0 amide bonds. The van der Waals surface area contributed by atoms with Crippen LogP contribution in [0.2, 0.25) is 0 Å². The second-order valence-electron chi connectivity index (χ2n) is 4.67. The summed E-state index contributed by atoms with van der Waals surface area (Å²) in [4.78, 5) is 0. The van der Waals surface area contributed by atoms with Gasteiger partial charge >= 0.3 is 0 Å². The second-order valence-corrected chi connectivity index (χ2v) is 4.67. The summed E-state index contributed by atoms with van der Waals surface area (Å²) in [6.07, 6.45) is 3.42. The average molecular weight is 231 g/mol. The Hall–Kier alpha value is -0.160. The Kier molecular flexibility index (Phi) is 6.28. The van der Waals surface area contributed by atoms with Crippen LogP contribution in [0.5, 0.6) is 0 Å². The van der Waals surface area contributed by atoms with Crippen LogP contribution in [-0.2, 0) is 9.47 Å². The molecule has 0 aromatic heterocycles. The number of aliphatic hydroxyl groups excluding tert-OH is 1. The van der Waals surface area contributed by atoms with Crippen LogP contribution in [0, 0.1) is 11.8 Å². The first-order valence-corrected chi connectivity index (χ1v) is 6.12. The monoisotopic (exact) mass is 231 g/mol. The van der Waals surface area contributed by atoms with Crippen molar-refractivity contribution in [1.82, 2.24) is 5.32 Å². The molecule has 0 heterocycles. The number of hydrogen-bond acceptors (Lipinski definition) is 4. The van der Waals surface area contributed by atoms with Crippen molar-refractivity contribution in [1.29, 1.82) is 0 Å². The molecule has 4 heteroatoms. The molecule has 1 aliphatic rings. The number of ether oxygens (including phenoxy) is 2. The first-order chi connectivity index (χ1) is 7.72. The van der Waals surface area contributed by atoms with E-state index in [9.17, 15) is 5.11 Å². The SMILES string of the molecule is COC(OC)C(C)NCC1CCCC1CO. The zero-order valence-corrected chi connectivity index (χ0v) is 10.6. The van der Waals surface area contributed by atoms with Gasteiger partial charge in [0.1, 0.15) is 0 Å². The lowest BCUT2D eigenvalue weighted by Gasteiger charge is -2.25. The summed E-state index contributed by atoms with van der Waals surface area (Å²) in [5.74, 6) is 1.07. The molecule has 96 valence electrons. The minimum Gasteiger partial charge on any atom is -0.396 e. The molecule has 0 aliphatic heterocycles. The molecule has 1 saturated carbocycles. The topological polar surface area (TPSA) is 50.7 Å². The highest BCUT2D eigenvalue weighted by Crippen LogP contribution is 2.30. The lowest BCUT2D eigenvalue weighted by atomic mass is 9.97. The normalized spacial score (nSPS) is 27.6. The van der Waals surface area contributed by atoms with E-state index in [0.29, 0.717) is 18.4 Å². The van der Waals surface area contributed by atoms with Crippen molar-refractivity contribution >= 4 is 0 Å². The second kappa shape index (κ2) is 7.22. The Labute approximate surface area is 98.3 Å². The molecule has 0 aromatic carbocycles. The first kappa shape index (κ1) is 13.9. The predicted octanol–water partition coefficient (Wildman–Crippen LogP) is 0.992. The minimum atomic E-state index is -0.200. The molecule has 0 bridgehead atoms. The Balaban J connectivity index is 2.27. The van der Waals surface area contributed by atoms with Crippen LogP contribution >= 0.6 is 0 Å². The van der Waals surface area contributed by atoms with Gasteiger partial charge in [-0.05, 0) is 38.1 Å². The third-order valence-corrected chi connectivity index (χ3v) is 3.63. The third kappa shape index (κ3) is 3.70. The molecular formula is C12H25NO3. The van der Waals surface area contributed by atoms with Crippen molar-refractivity contribution in [3.8, 4) is 0 Å². The first-order valence-electron chi connectivity index (χ1n) is 6.12. The van der Waals surface area contributed by atoms with Crippen LogP contribution < -0.4 is 5.32 Å². The van der Waals surface area contributed by atoms with Gasteiger partial charge in [0.05, 0.1) is 6.04 Å². The summed E-state index contributed by atoms with van der Waals surface area (Å²) in [6, 6.07) is 0.176. The maximum atomic E-state index is 9.23. The van der Waals surface area contributed by atoms with Crippen LogP contribution in [0.25, 0.3) is 0 Å². The Morgan fingerprint density at radius 2 is 1.88 bits per heavy atom. The minimum absolute atomic E-state index is 0.176. The van der Waals surface area contributed by atoms with E-state index in [4.69, 9.17) is 9.47 Å². The smallest absolute Gasteiger partial charge is 0.171 e. The lowest BCUT2D eigenvalue weighted by Crippen LogP contribution is -2.42. The summed E-state index contributed by atoms with van der Waals surface area (Å²) in [5.41, 5.74) is 0. The number of methoxy groups -OCH3 is 2. The van der Waals surface area contributed by atoms with E-state index in [0.717, 1.165) is 13.0 Å². The highest BCUT2D eigenvalue weighted by Gasteiger charge is 2.27. The Bertz CT molecular complexity index is 185. The van der Waals surface area contributed by atoms with E-state index < -0.39 is 0 Å². The molecule has 3 atom stereocenters. The van der Waals surface area contributed by atoms with Crippen molar-refractivity contribution in [2.75, 3.05) is 27.4 Å². The lowest BCUT2D eigenvalue weighted by molar-refractivity contribution is -0.119. The molecule has 4 nitrogen and oxygen atoms in total. The highest BCUT2D eigenvalue weighted by molar-refractivity contribution is 4.80. The summed E-state index contributed by atoms with van der Waals surface area (Å²) in [6.45, 7) is 3.31. The van der Waals surface area contributed by atoms with E-state index in [1.807, 2.05) is 0 Å². The summed E-state index contributed by atoms with van der Waals surface area (Å²) < 4.78 is 10.4. The molecule has 0 saturated heterocycles. The molecule has 0 aromatic rings. The molecule has 0 radical (unpaired) electrons. The van der Waals surface area contributed by atoms with Crippen LogP contribution in [0.1, 0.15) is 26.2 Å². The maximum Gasteiger partial charge on any atom is 0.171 e. The van der Waals surface area contributed by atoms with Gasteiger partial charge in [-0.25, -0.2) is 0 Å². The standard InChI is InChI=1S/C12H25NO3/c1-9(12(15-2)16-3)13-7-10-5-4-6-11(10)8-14/h9-14H,4-8H2,1-3H3. The van der Waals surface area contributed by atoms with Crippen LogP contribution in [0.4, 0.5) is 0 Å². The largest absolute Gasteiger partial charge is 0.396 e. The highest BCUT2D eigenvalue weighted by atomic mass is 16.7. The van der Waals surface area contributed by atoms with Crippen LogP contribution in [0.3, 0.4) is 0 Å². The number of rotatable bonds is 7. The van der Waals surface area contributed by atoms with Gasteiger partial charge in [0.25, 0.3) is 0 Å². The number of hydrogen-bond donors (Lipinski definition) is 2. The van der Waals surface area contributed by atoms with Crippen LogP contribution in [0.15, 0.2) is 0 Å². The zero-order chi connectivity index (χ0) is 12.0. The molecule has 1 fully saturated rings.